The predicted octanol–water partition coefficient (Wildman–Crippen LogP) is 3.77. The summed E-state index contributed by atoms with van der Waals surface area (Å²) in [6.45, 7) is 2.66. The Bertz CT molecular complexity index is 1250. The van der Waals surface area contributed by atoms with Gasteiger partial charge in [-0.3, -0.25) is 14.5 Å². The standard InChI is InChI=1S/C22H22N4O3S2/c1-15-5-2-6-16(11-15)22-25-18(14-30-22)13-21(27)24-17-7-3-8-19(12-17)31(28,29)26-20-9-4-10-23-20/h2-3,5-8,11-12,14H,4,9-10,13H2,1H3,(H,23,26)(H,24,27). The number of rotatable bonds is 6. The van der Waals surface area contributed by atoms with E-state index >= 15 is 0 Å². The van der Waals surface area contributed by atoms with Crippen molar-refractivity contribution in [2.75, 3.05) is 11.9 Å². The summed E-state index contributed by atoms with van der Waals surface area (Å²) in [5, 5.41) is 5.48. The number of thiazole rings is 1. The number of anilines is 1. The van der Waals surface area contributed by atoms with Gasteiger partial charge in [-0.25, -0.2) is 13.4 Å². The molecule has 1 aliphatic rings. The zero-order valence-corrected chi connectivity index (χ0v) is 18.6. The molecule has 3 aromatic rings. The number of carbonyl (C=O) groups excluding carboxylic acids is 1. The summed E-state index contributed by atoms with van der Waals surface area (Å²) in [5.74, 6) is 0.214. The van der Waals surface area contributed by atoms with Gasteiger partial charge in [-0.05, 0) is 37.6 Å². The van der Waals surface area contributed by atoms with E-state index in [1.165, 1.54) is 23.5 Å². The lowest BCUT2D eigenvalue weighted by atomic mass is 10.1. The van der Waals surface area contributed by atoms with Crippen LogP contribution in [0.15, 0.2) is 63.8 Å². The van der Waals surface area contributed by atoms with Crippen LogP contribution >= 0.6 is 11.3 Å². The largest absolute Gasteiger partial charge is 0.326 e. The quantitative estimate of drug-likeness (QED) is 0.592. The lowest BCUT2D eigenvalue weighted by Gasteiger charge is -2.10. The molecule has 4 rings (SSSR count). The highest BCUT2D eigenvalue weighted by Gasteiger charge is 2.19. The SMILES string of the molecule is Cc1cccc(-c2nc(CC(=O)Nc3cccc(S(=O)(=O)NC4=NCCC4)c3)cs2)c1. The third-order valence-electron chi connectivity index (χ3n) is 4.71. The van der Waals surface area contributed by atoms with Crippen LogP contribution < -0.4 is 10.0 Å². The third kappa shape index (κ3) is 5.36. The summed E-state index contributed by atoms with van der Waals surface area (Å²) in [4.78, 5) is 21.3. The first-order chi connectivity index (χ1) is 14.9. The Kier molecular flexibility index (Phi) is 6.15. The second kappa shape index (κ2) is 8.99. The molecule has 2 N–H and O–H groups in total. The van der Waals surface area contributed by atoms with Crippen LogP contribution in [0.4, 0.5) is 5.69 Å². The Morgan fingerprint density at radius 1 is 1.16 bits per heavy atom. The van der Waals surface area contributed by atoms with Crippen molar-refractivity contribution in [2.24, 2.45) is 4.99 Å². The van der Waals surface area contributed by atoms with Crippen molar-refractivity contribution in [1.29, 1.82) is 0 Å². The van der Waals surface area contributed by atoms with E-state index in [4.69, 9.17) is 0 Å². The lowest BCUT2D eigenvalue weighted by molar-refractivity contribution is -0.115. The zero-order valence-electron chi connectivity index (χ0n) is 17.0. The summed E-state index contributed by atoms with van der Waals surface area (Å²) >= 11 is 1.49. The van der Waals surface area contributed by atoms with Gasteiger partial charge in [0.1, 0.15) is 10.8 Å². The van der Waals surface area contributed by atoms with Crippen LogP contribution in [0.5, 0.6) is 0 Å². The number of aliphatic imine (C=N–C) groups is 1. The molecule has 1 aromatic heterocycles. The molecular formula is C22H22N4O3S2. The monoisotopic (exact) mass is 454 g/mol. The van der Waals surface area contributed by atoms with Crippen LogP contribution in [0.25, 0.3) is 10.6 Å². The number of hydrogen-bond acceptors (Lipinski definition) is 6. The van der Waals surface area contributed by atoms with Crippen molar-refractivity contribution in [2.45, 2.75) is 31.1 Å². The number of benzene rings is 2. The van der Waals surface area contributed by atoms with Gasteiger partial charge in [0.15, 0.2) is 0 Å². The molecule has 2 aromatic carbocycles. The van der Waals surface area contributed by atoms with E-state index in [-0.39, 0.29) is 17.2 Å². The number of nitrogens with one attached hydrogen (secondary N) is 2. The number of sulfonamides is 1. The van der Waals surface area contributed by atoms with E-state index in [0.717, 1.165) is 22.6 Å². The molecule has 0 spiro atoms. The summed E-state index contributed by atoms with van der Waals surface area (Å²) < 4.78 is 27.6. The van der Waals surface area contributed by atoms with Crippen LogP contribution in [0, 0.1) is 6.92 Å². The average Bonchev–Trinajstić information content (AvgIpc) is 3.40. The maximum Gasteiger partial charge on any atom is 0.262 e. The van der Waals surface area contributed by atoms with Gasteiger partial charge >= 0.3 is 0 Å². The number of carbonyl (C=O) groups is 1. The van der Waals surface area contributed by atoms with Gasteiger partial charge in [0, 0.05) is 29.6 Å². The van der Waals surface area contributed by atoms with Gasteiger partial charge in [-0.15, -0.1) is 11.3 Å². The highest BCUT2D eigenvalue weighted by atomic mass is 32.2. The van der Waals surface area contributed by atoms with Crippen LogP contribution in [0.3, 0.4) is 0 Å². The van der Waals surface area contributed by atoms with E-state index in [1.54, 1.807) is 12.1 Å². The van der Waals surface area contributed by atoms with E-state index in [1.807, 2.05) is 30.5 Å². The highest BCUT2D eigenvalue weighted by Crippen LogP contribution is 2.25. The highest BCUT2D eigenvalue weighted by molar-refractivity contribution is 7.90. The Morgan fingerprint density at radius 3 is 2.77 bits per heavy atom. The molecule has 0 aliphatic carbocycles. The minimum Gasteiger partial charge on any atom is -0.326 e. The number of nitrogens with zero attached hydrogens (tertiary/aromatic N) is 2. The van der Waals surface area contributed by atoms with Crippen LogP contribution in [0.2, 0.25) is 0 Å². The van der Waals surface area contributed by atoms with Crippen molar-refractivity contribution in [3.63, 3.8) is 0 Å². The van der Waals surface area contributed by atoms with Crippen LogP contribution in [-0.2, 0) is 21.2 Å². The summed E-state index contributed by atoms with van der Waals surface area (Å²) in [5.41, 5.74) is 3.25. The van der Waals surface area contributed by atoms with Crippen LogP contribution in [-0.4, -0.2) is 31.7 Å². The van der Waals surface area contributed by atoms with Gasteiger partial charge in [-0.1, -0.05) is 29.8 Å². The van der Waals surface area contributed by atoms with Gasteiger partial charge in [0.05, 0.1) is 17.0 Å². The Hall–Kier alpha value is -3.04. The molecule has 160 valence electrons. The number of amidine groups is 1. The first-order valence-electron chi connectivity index (χ1n) is 9.86. The molecule has 0 unspecified atom stereocenters. The summed E-state index contributed by atoms with van der Waals surface area (Å²) in [6.07, 6.45) is 1.57. The second-order valence-electron chi connectivity index (χ2n) is 7.30. The maximum atomic E-state index is 12.6. The molecular weight excluding hydrogens is 432 g/mol. The van der Waals surface area contributed by atoms with Crippen molar-refractivity contribution >= 4 is 38.8 Å². The molecule has 1 amide bonds. The van der Waals surface area contributed by atoms with E-state index in [9.17, 15) is 13.2 Å². The minimum absolute atomic E-state index is 0.0790. The molecule has 31 heavy (non-hydrogen) atoms. The maximum absolute atomic E-state index is 12.6. The molecule has 0 fully saturated rings. The summed E-state index contributed by atoms with van der Waals surface area (Å²) in [6, 6.07) is 14.2. The van der Waals surface area contributed by atoms with Gasteiger partial charge in [-0.2, -0.15) is 0 Å². The predicted molar refractivity (Wildman–Crippen MR) is 123 cm³/mol. The van der Waals surface area contributed by atoms with Crippen molar-refractivity contribution < 1.29 is 13.2 Å². The fourth-order valence-electron chi connectivity index (χ4n) is 3.25. The molecule has 0 radical (unpaired) electrons. The van der Waals surface area contributed by atoms with Crippen molar-refractivity contribution in [1.82, 2.24) is 9.71 Å². The lowest BCUT2D eigenvalue weighted by Crippen LogP contribution is -2.29. The van der Waals surface area contributed by atoms with Gasteiger partial charge in [0.25, 0.3) is 10.0 Å². The molecule has 9 heteroatoms. The minimum atomic E-state index is -3.73. The fourth-order valence-corrected chi connectivity index (χ4v) is 5.20. The third-order valence-corrected chi connectivity index (χ3v) is 7.03. The van der Waals surface area contributed by atoms with Gasteiger partial charge in [0.2, 0.25) is 5.91 Å². The normalized spacial score (nSPS) is 13.6. The molecule has 0 atom stereocenters. The molecule has 0 bridgehead atoms. The Labute approximate surface area is 185 Å². The summed E-state index contributed by atoms with van der Waals surface area (Å²) in [7, 11) is -3.73. The van der Waals surface area contributed by atoms with Crippen molar-refractivity contribution in [3.8, 4) is 10.6 Å². The Balaban J connectivity index is 1.42. The molecule has 2 heterocycles. The molecule has 7 nitrogen and oxygen atoms in total. The molecule has 0 saturated carbocycles. The molecule has 0 saturated heterocycles. The Morgan fingerprint density at radius 2 is 2.00 bits per heavy atom. The number of amides is 1. The van der Waals surface area contributed by atoms with E-state index < -0.39 is 10.0 Å². The topological polar surface area (TPSA) is 101 Å². The van der Waals surface area contributed by atoms with E-state index in [0.29, 0.717) is 30.2 Å². The van der Waals surface area contributed by atoms with Crippen LogP contribution in [0.1, 0.15) is 24.1 Å². The number of aromatic nitrogens is 1. The first kappa shape index (κ1) is 21.2. The smallest absolute Gasteiger partial charge is 0.262 e. The fraction of sp³-hybridized carbons (Fsp3) is 0.227. The number of aryl methyl sites for hydroxylation is 1. The first-order valence-corrected chi connectivity index (χ1v) is 12.2. The van der Waals surface area contributed by atoms with Gasteiger partial charge < -0.3 is 5.32 Å². The average molecular weight is 455 g/mol. The zero-order chi connectivity index (χ0) is 21.8. The second-order valence-corrected chi connectivity index (χ2v) is 9.84. The molecule has 1 aliphatic heterocycles. The van der Waals surface area contributed by atoms with Crippen molar-refractivity contribution in [3.05, 3.63) is 65.2 Å². The number of hydrogen-bond donors (Lipinski definition) is 2. The van der Waals surface area contributed by atoms with E-state index in [2.05, 4.69) is 26.1 Å².